The Balaban J connectivity index is 1.30. The van der Waals surface area contributed by atoms with E-state index in [9.17, 15) is 4.79 Å². The van der Waals surface area contributed by atoms with E-state index in [4.69, 9.17) is 0 Å². The van der Waals surface area contributed by atoms with Crippen molar-refractivity contribution < 1.29 is 4.79 Å². The zero-order valence-electron chi connectivity index (χ0n) is 24.3. The predicted octanol–water partition coefficient (Wildman–Crippen LogP) is 10.6. The summed E-state index contributed by atoms with van der Waals surface area (Å²) in [6.45, 7) is 3.64. The summed E-state index contributed by atoms with van der Waals surface area (Å²) in [5.41, 5.74) is 10.8. The third-order valence-corrected chi connectivity index (χ3v) is 7.32. The van der Waals surface area contributed by atoms with Gasteiger partial charge in [-0.05, 0) is 109 Å². The van der Waals surface area contributed by atoms with Gasteiger partial charge in [-0.25, -0.2) is 0 Å². The van der Waals surface area contributed by atoms with Gasteiger partial charge in [0.25, 0.3) is 0 Å². The molecule has 1 N–H and O–H groups in total. The molecule has 4 heteroatoms. The van der Waals surface area contributed by atoms with Gasteiger partial charge in [-0.2, -0.15) is 0 Å². The van der Waals surface area contributed by atoms with Crippen LogP contribution in [0.4, 0.5) is 39.8 Å². The van der Waals surface area contributed by atoms with Gasteiger partial charge in [-0.1, -0.05) is 72.8 Å². The number of carbonyl (C=O) groups excluding carboxylic acids is 1. The number of hydrogen-bond donors (Lipinski definition) is 1. The van der Waals surface area contributed by atoms with Gasteiger partial charge in [0.1, 0.15) is 0 Å². The highest BCUT2D eigenvalue weighted by Gasteiger charge is 2.14. The Morgan fingerprint density at radius 2 is 0.860 bits per heavy atom. The van der Waals surface area contributed by atoms with Crippen LogP contribution in [-0.4, -0.2) is 5.91 Å². The Labute approximate surface area is 253 Å². The first-order valence-electron chi connectivity index (χ1n) is 14.4. The van der Waals surface area contributed by atoms with E-state index >= 15 is 0 Å². The smallest absolute Gasteiger partial charge is 0.221 e. The van der Waals surface area contributed by atoms with Crippen LogP contribution in [0.3, 0.4) is 0 Å². The van der Waals surface area contributed by atoms with Crippen molar-refractivity contribution in [2.45, 2.75) is 13.8 Å². The van der Waals surface area contributed by atoms with Crippen LogP contribution in [-0.2, 0) is 4.79 Å². The molecule has 43 heavy (non-hydrogen) atoms. The molecule has 1 amide bonds. The summed E-state index contributed by atoms with van der Waals surface area (Å²) in [4.78, 5) is 16.0. The highest BCUT2D eigenvalue weighted by molar-refractivity contribution is 5.89. The third kappa shape index (κ3) is 6.34. The van der Waals surface area contributed by atoms with Crippen molar-refractivity contribution in [3.05, 3.63) is 163 Å². The van der Waals surface area contributed by atoms with Crippen molar-refractivity contribution in [2.75, 3.05) is 15.1 Å². The number of anilines is 7. The van der Waals surface area contributed by atoms with Gasteiger partial charge in [0, 0.05) is 46.7 Å². The number of para-hydroxylation sites is 2. The molecule has 0 aromatic heterocycles. The second kappa shape index (κ2) is 12.5. The topological polar surface area (TPSA) is 35.6 Å². The molecule has 4 nitrogen and oxygen atoms in total. The molecule has 0 saturated carbocycles. The fourth-order valence-corrected chi connectivity index (χ4v) is 5.32. The van der Waals surface area contributed by atoms with Gasteiger partial charge < -0.3 is 15.1 Å². The van der Waals surface area contributed by atoms with Gasteiger partial charge in [0.15, 0.2) is 0 Å². The van der Waals surface area contributed by atoms with Crippen LogP contribution in [0.5, 0.6) is 0 Å². The first-order chi connectivity index (χ1) is 21.0. The van der Waals surface area contributed by atoms with E-state index in [1.807, 2.05) is 48.5 Å². The Morgan fingerprint density at radius 3 is 1.30 bits per heavy atom. The molecule has 210 valence electrons. The SMILES string of the molecule is CC(=O)Nc1ccc(N(c2ccccc2)c2ccc(-c3ccc(N(c4ccccc4)c4cccc(C)c4)cc3)cc2)cc1. The molecule has 0 heterocycles. The number of nitrogens with zero attached hydrogens (tertiary/aromatic N) is 2. The van der Waals surface area contributed by atoms with E-state index in [2.05, 4.69) is 131 Å². The summed E-state index contributed by atoms with van der Waals surface area (Å²) >= 11 is 0. The lowest BCUT2D eigenvalue weighted by Crippen LogP contribution is -2.10. The summed E-state index contributed by atoms with van der Waals surface area (Å²) in [6, 6.07) is 54.7. The second-order valence-corrected chi connectivity index (χ2v) is 10.5. The number of hydrogen-bond acceptors (Lipinski definition) is 3. The Morgan fingerprint density at radius 1 is 0.465 bits per heavy atom. The van der Waals surface area contributed by atoms with Gasteiger partial charge >= 0.3 is 0 Å². The average molecular weight is 560 g/mol. The van der Waals surface area contributed by atoms with Crippen molar-refractivity contribution in [1.29, 1.82) is 0 Å². The van der Waals surface area contributed by atoms with Crippen LogP contribution in [0.25, 0.3) is 11.1 Å². The van der Waals surface area contributed by atoms with Crippen molar-refractivity contribution in [3.63, 3.8) is 0 Å². The van der Waals surface area contributed by atoms with E-state index in [1.165, 1.54) is 12.5 Å². The molecule has 0 radical (unpaired) electrons. The number of nitrogens with one attached hydrogen (secondary N) is 1. The summed E-state index contributed by atoms with van der Waals surface area (Å²) in [7, 11) is 0. The maximum atomic E-state index is 11.5. The lowest BCUT2D eigenvalue weighted by molar-refractivity contribution is -0.114. The molecule has 0 bridgehead atoms. The highest BCUT2D eigenvalue weighted by Crippen LogP contribution is 2.38. The fourth-order valence-electron chi connectivity index (χ4n) is 5.32. The van der Waals surface area contributed by atoms with E-state index in [-0.39, 0.29) is 5.91 Å². The van der Waals surface area contributed by atoms with Crippen LogP contribution in [0, 0.1) is 6.92 Å². The zero-order chi connectivity index (χ0) is 29.6. The largest absolute Gasteiger partial charge is 0.326 e. The lowest BCUT2D eigenvalue weighted by Gasteiger charge is -2.26. The van der Waals surface area contributed by atoms with Gasteiger partial charge in [-0.15, -0.1) is 0 Å². The minimum Gasteiger partial charge on any atom is -0.326 e. The Bertz CT molecular complexity index is 1800. The van der Waals surface area contributed by atoms with Gasteiger partial charge in [0.05, 0.1) is 0 Å². The van der Waals surface area contributed by atoms with E-state index in [0.717, 1.165) is 50.9 Å². The van der Waals surface area contributed by atoms with Crippen molar-refractivity contribution >= 4 is 45.7 Å². The minimum atomic E-state index is -0.0841. The molecule has 0 aliphatic heterocycles. The average Bonchev–Trinajstić information content (AvgIpc) is 3.04. The standard InChI is InChI=1S/C39H33N3O/c1-29-10-9-15-39(28-29)42(35-13-7-4-8-14-35)37-24-18-32(19-25-37)31-16-22-36(23-17-31)41(34-11-5-3-6-12-34)38-26-20-33(21-27-38)40-30(2)43/h3-28H,1-2H3,(H,40,43). The third-order valence-electron chi connectivity index (χ3n) is 7.32. The summed E-state index contributed by atoms with van der Waals surface area (Å²) in [6.07, 6.45) is 0. The molecule has 0 aliphatic rings. The summed E-state index contributed by atoms with van der Waals surface area (Å²) < 4.78 is 0. The molecule has 0 saturated heterocycles. The molecular formula is C39H33N3O. The van der Waals surface area contributed by atoms with Gasteiger partial charge in [-0.3, -0.25) is 4.79 Å². The first kappa shape index (κ1) is 27.6. The van der Waals surface area contributed by atoms with Crippen molar-refractivity contribution in [1.82, 2.24) is 0 Å². The Kier molecular flexibility index (Phi) is 8.01. The molecule has 0 atom stereocenters. The lowest BCUT2D eigenvalue weighted by atomic mass is 10.0. The highest BCUT2D eigenvalue weighted by atomic mass is 16.1. The van der Waals surface area contributed by atoms with Crippen molar-refractivity contribution in [3.8, 4) is 11.1 Å². The number of carbonyl (C=O) groups is 1. The molecule has 6 aromatic carbocycles. The molecule has 0 aliphatic carbocycles. The maximum Gasteiger partial charge on any atom is 0.221 e. The predicted molar refractivity (Wildman–Crippen MR) is 180 cm³/mol. The van der Waals surface area contributed by atoms with Crippen LogP contribution >= 0.6 is 0 Å². The molecule has 0 fully saturated rings. The van der Waals surface area contributed by atoms with E-state index in [0.29, 0.717) is 0 Å². The van der Waals surface area contributed by atoms with E-state index in [1.54, 1.807) is 0 Å². The van der Waals surface area contributed by atoms with E-state index < -0.39 is 0 Å². The minimum absolute atomic E-state index is 0.0841. The van der Waals surface area contributed by atoms with Crippen LogP contribution in [0.2, 0.25) is 0 Å². The van der Waals surface area contributed by atoms with Crippen LogP contribution in [0.15, 0.2) is 158 Å². The summed E-state index contributed by atoms with van der Waals surface area (Å²) in [5.74, 6) is -0.0841. The second-order valence-electron chi connectivity index (χ2n) is 10.5. The Hall–Kier alpha value is -5.61. The molecule has 6 aromatic rings. The molecule has 0 unspecified atom stereocenters. The molecular weight excluding hydrogens is 526 g/mol. The summed E-state index contributed by atoms with van der Waals surface area (Å²) in [5, 5.41) is 2.85. The number of rotatable bonds is 8. The monoisotopic (exact) mass is 559 g/mol. The number of amides is 1. The van der Waals surface area contributed by atoms with Crippen LogP contribution in [0.1, 0.15) is 12.5 Å². The fraction of sp³-hybridized carbons (Fsp3) is 0.0513. The van der Waals surface area contributed by atoms with Crippen LogP contribution < -0.4 is 15.1 Å². The molecule has 6 rings (SSSR count). The maximum absolute atomic E-state index is 11.5. The van der Waals surface area contributed by atoms with Gasteiger partial charge in [0.2, 0.25) is 5.91 Å². The first-order valence-corrected chi connectivity index (χ1v) is 14.4. The number of aryl methyl sites for hydroxylation is 1. The quantitative estimate of drug-likeness (QED) is 0.201. The number of benzene rings is 6. The molecule has 0 spiro atoms. The zero-order valence-corrected chi connectivity index (χ0v) is 24.3. The van der Waals surface area contributed by atoms with Crippen molar-refractivity contribution in [2.24, 2.45) is 0 Å². The normalized spacial score (nSPS) is 10.7.